The van der Waals surface area contributed by atoms with Gasteiger partial charge in [0.05, 0.1) is 23.7 Å². The number of hydrogen-bond acceptors (Lipinski definition) is 4. The van der Waals surface area contributed by atoms with Gasteiger partial charge >= 0.3 is 0 Å². The number of fused-ring (bicyclic) bond motifs is 1. The van der Waals surface area contributed by atoms with Crippen LogP contribution >= 0.6 is 11.8 Å². The summed E-state index contributed by atoms with van der Waals surface area (Å²) >= 11 is 1.69. The Balaban J connectivity index is 1.42. The third-order valence-electron chi connectivity index (χ3n) is 6.35. The minimum absolute atomic E-state index is 0.0660. The number of pyridine rings is 1. The minimum atomic E-state index is -0.0660. The van der Waals surface area contributed by atoms with Crippen molar-refractivity contribution < 1.29 is 9.69 Å². The van der Waals surface area contributed by atoms with Crippen molar-refractivity contribution in [3.63, 3.8) is 0 Å². The predicted molar refractivity (Wildman–Crippen MR) is 151 cm³/mol. The predicted octanol–water partition coefficient (Wildman–Crippen LogP) is 5.31. The van der Waals surface area contributed by atoms with Gasteiger partial charge in [-0.2, -0.15) is 0 Å². The van der Waals surface area contributed by atoms with Gasteiger partial charge in [-0.15, -0.1) is 11.8 Å². The highest BCUT2D eigenvalue weighted by atomic mass is 32.2. The number of benzene rings is 3. The molecule has 4 rings (SSSR count). The molecular formula is C30H35N4OS+. The number of quaternary nitrogens is 1. The molecule has 0 aliphatic rings. The molecule has 1 amide bonds. The summed E-state index contributed by atoms with van der Waals surface area (Å²) in [4.78, 5) is 20.7. The number of para-hydroxylation sites is 1. The van der Waals surface area contributed by atoms with Crippen LogP contribution < -0.4 is 15.5 Å². The number of nitrogens with zero attached hydrogens (tertiary/aromatic N) is 1. The van der Waals surface area contributed by atoms with Crippen molar-refractivity contribution in [3.8, 4) is 0 Å². The zero-order valence-corrected chi connectivity index (χ0v) is 22.1. The lowest BCUT2D eigenvalue weighted by atomic mass is 10.1. The normalized spacial score (nSPS) is 12.0. The number of carbonyl (C=O) groups excluding carboxylic acids is 1. The molecule has 6 heteroatoms. The van der Waals surface area contributed by atoms with Crippen LogP contribution in [0.2, 0.25) is 0 Å². The molecule has 1 atom stereocenters. The second kappa shape index (κ2) is 12.6. The fourth-order valence-electron chi connectivity index (χ4n) is 4.33. The van der Waals surface area contributed by atoms with Gasteiger partial charge < -0.3 is 15.5 Å². The molecule has 0 saturated carbocycles. The molecule has 0 spiro atoms. The minimum Gasteiger partial charge on any atom is -0.352 e. The topological polar surface area (TPSA) is 58.5 Å². The van der Waals surface area contributed by atoms with Crippen LogP contribution in [0.3, 0.4) is 0 Å². The largest absolute Gasteiger partial charge is 0.352 e. The van der Waals surface area contributed by atoms with Crippen molar-refractivity contribution in [3.05, 3.63) is 96.1 Å². The van der Waals surface area contributed by atoms with Crippen molar-refractivity contribution in [2.45, 2.75) is 37.8 Å². The molecule has 36 heavy (non-hydrogen) atoms. The molecule has 1 unspecified atom stereocenters. The van der Waals surface area contributed by atoms with E-state index in [1.165, 1.54) is 15.4 Å². The molecule has 5 nitrogen and oxygen atoms in total. The Morgan fingerprint density at radius 1 is 0.972 bits per heavy atom. The van der Waals surface area contributed by atoms with E-state index in [0.29, 0.717) is 24.0 Å². The SMILES string of the molecule is CSc1cccc(Nc2cc(C(=O)NCCC[NH+](Cc3ccccc3)C(C)C)c3ccccc3n2)c1. The summed E-state index contributed by atoms with van der Waals surface area (Å²) in [6, 6.07) is 29.0. The highest BCUT2D eigenvalue weighted by Gasteiger charge is 2.16. The average molecular weight is 500 g/mol. The van der Waals surface area contributed by atoms with Gasteiger partial charge in [0.1, 0.15) is 12.4 Å². The Bertz CT molecular complexity index is 1290. The first kappa shape index (κ1) is 25.7. The van der Waals surface area contributed by atoms with E-state index >= 15 is 0 Å². The molecule has 4 aromatic rings. The second-order valence-corrected chi connectivity index (χ2v) is 10.1. The molecule has 0 fully saturated rings. The van der Waals surface area contributed by atoms with Gasteiger partial charge in [-0.05, 0) is 50.4 Å². The lowest BCUT2D eigenvalue weighted by Crippen LogP contribution is -3.13. The molecule has 0 saturated heterocycles. The maximum Gasteiger partial charge on any atom is 0.252 e. The van der Waals surface area contributed by atoms with E-state index in [1.54, 1.807) is 11.8 Å². The van der Waals surface area contributed by atoms with Crippen molar-refractivity contribution in [2.75, 3.05) is 24.7 Å². The highest BCUT2D eigenvalue weighted by molar-refractivity contribution is 7.98. The number of hydrogen-bond donors (Lipinski definition) is 3. The Kier molecular flexibility index (Phi) is 8.98. The van der Waals surface area contributed by atoms with Crippen LogP contribution in [0, 0.1) is 0 Å². The Morgan fingerprint density at radius 2 is 1.75 bits per heavy atom. The lowest BCUT2D eigenvalue weighted by Gasteiger charge is -2.23. The van der Waals surface area contributed by atoms with Crippen LogP contribution in [-0.2, 0) is 6.54 Å². The fraction of sp³-hybridized carbons (Fsp3) is 0.267. The Labute approximate surface area is 218 Å². The van der Waals surface area contributed by atoms with Gasteiger partial charge in [0.15, 0.2) is 0 Å². The van der Waals surface area contributed by atoms with E-state index < -0.39 is 0 Å². The summed E-state index contributed by atoms with van der Waals surface area (Å²) in [5.41, 5.74) is 3.73. The van der Waals surface area contributed by atoms with Crippen LogP contribution in [0.1, 0.15) is 36.2 Å². The van der Waals surface area contributed by atoms with E-state index in [0.717, 1.165) is 36.1 Å². The Morgan fingerprint density at radius 3 is 2.53 bits per heavy atom. The van der Waals surface area contributed by atoms with E-state index in [2.05, 4.69) is 73.2 Å². The first-order chi connectivity index (χ1) is 17.5. The zero-order valence-electron chi connectivity index (χ0n) is 21.3. The van der Waals surface area contributed by atoms with E-state index in [9.17, 15) is 4.79 Å². The van der Waals surface area contributed by atoms with Gasteiger partial charge in [0.2, 0.25) is 0 Å². The van der Waals surface area contributed by atoms with Crippen LogP contribution in [0.4, 0.5) is 11.5 Å². The van der Waals surface area contributed by atoms with Gasteiger partial charge in [0.25, 0.3) is 5.91 Å². The average Bonchev–Trinajstić information content (AvgIpc) is 2.90. The summed E-state index contributed by atoms with van der Waals surface area (Å²) in [7, 11) is 0. The number of thioether (sulfide) groups is 1. The number of aromatic nitrogens is 1. The molecule has 1 heterocycles. The van der Waals surface area contributed by atoms with Crippen molar-refractivity contribution >= 4 is 40.1 Å². The van der Waals surface area contributed by atoms with Gasteiger partial charge in [0, 0.05) is 34.5 Å². The monoisotopic (exact) mass is 499 g/mol. The Hall–Kier alpha value is -3.35. The standard InChI is InChI=1S/C30H34N4OS/c1-22(2)34(21-23-11-5-4-6-12-23)18-10-17-31-30(35)27-20-29(33-28-16-8-7-15-26(27)28)32-24-13-9-14-25(19-24)36-3/h4-9,11-16,19-20,22H,10,17-18,21H2,1-3H3,(H,31,35)(H,32,33)/p+1. The van der Waals surface area contributed by atoms with Crippen LogP contribution in [0.5, 0.6) is 0 Å². The third kappa shape index (κ3) is 6.86. The molecule has 0 aliphatic heterocycles. The van der Waals surface area contributed by atoms with E-state index in [-0.39, 0.29) is 5.91 Å². The summed E-state index contributed by atoms with van der Waals surface area (Å²) in [6.45, 7) is 7.14. The van der Waals surface area contributed by atoms with Gasteiger partial charge in [-0.25, -0.2) is 4.98 Å². The van der Waals surface area contributed by atoms with Crippen molar-refractivity contribution in [1.29, 1.82) is 0 Å². The summed E-state index contributed by atoms with van der Waals surface area (Å²) in [5, 5.41) is 7.38. The molecule has 186 valence electrons. The molecular weight excluding hydrogens is 464 g/mol. The number of carbonyl (C=O) groups is 1. The smallest absolute Gasteiger partial charge is 0.252 e. The van der Waals surface area contributed by atoms with Crippen molar-refractivity contribution in [2.24, 2.45) is 0 Å². The molecule has 3 aromatic carbocycles. The summed E-state index contributed by atoms with van der Waals surface area (Å²) in [6.07, 6.45) is 2.97. The number of anilines is 2. The van der Waals surface area contributed by atoms with Crippen LogP contribution in [0.15, 0.2) is 89.8 Å². The van der Waals surface area contributed by atoms with E-state index in [1.807, 2.05) is 42.5 Å². The van der Waals surface area contributed by atoms with Gasteiger partial charge in [-0.3, -0.25) is 4.79 Å². The maximum absolute atomic E-state index is 13.3. The molecule has 1 aromatic heterocycles. The fourth-order valence-corrected chi connectivity index (χ4v) is 4.79. The first-order valence-electron chi connectivity index (χ1n) is 12.5. The number of amides is 1. The number of nitrogens with one attached hydrogen (secondary N) is 3. The molecule has 0 bridgehead atoms. The third-order valence-corrected chi connectivity index (χ3v) is 7.08. The first-order valence-corrected chi connectivity index (χ1v) is 13.7. The highest BCUT2D eigenvalue weighted by Crippen LogP contribution is 2.25. The van der Waals surface area contributed by atoms with Crippen LogP contribution in [-0.4, -0.2) is 36.3 Å². The zero-order chi connectivity index (χ0) is 25.3. The molecule has 0 aliphatic carbocycles. The summed E-state index contributed by atoms with van der Waals surface area (Å²) in [5.74, 6) is 0.596. The number of rotatable bonds is 11. The second-order valence-electron chi connectivity index (χ2n) is 9.26. The van der Waals surface area contributed by atoms with E-state index in [4.69, 9.17) is 4.98 Å². The van der Waals surface area contributed by atoms with Gasteiger partial charge in [-0.1, -0.05) is 54.6 Å². The molecule has 3 N–H and O–H groups in total. The van der Waals surface area contributed by atoms with Crippen molar-refractivity contribution in [1.82, 2.24) is 10.3 Å². The quantitative estimate of drug-likeness (QED) is 0.193. The van der Waals surface area contributed by atoms with Crippen LogP contribution in [0.25, 0.3) is 10.9 Å². The molecule has 0 radical (unpaired) electrons. The summed E-state index contributed by atoms with van der Waals surface area (Å²) < 4.78 is 0. The maximum atomic E-state index is 13.3. The lowest BCUT2D eigenvalue weighted by molar-refractivity contribution is -0.935.